The molecule has 2 aliphatic rings. The van der Waals surface area contributed by atoms with E-state index in [2.05, 4.69) is 10.2 Å². The molecule has 2 rings (SSSR count). The first-order chi connectivity index (χ1) is 14.4. The van der Waals surface area contributed by atoms with Crippen LogP contribution in [0.2, 0.25) is 0 Å². The van der Waals surface area contributed by atoms with Gasteiger partial charge in [-0.1, -0.05) is 6.92 Å². The summed E-state index contributed by atoms with van der Waals surface area (Å²) in [5.74, 6) is 1.71. The maximum Gasteiger partial charge on any atom is 0.401 e. The molecule has 0 radical (unpaired) electrons. The van der Waals surface area contributed by atoms with Crippen LogP contribution in [0.15, 0.2) is 4.99 Å². The van der Waals surface area contributed by atoms with Crippen LogP contribution in [0.3, 0.4) is 0 Å². The number of halogens is 4. The van der Waals surface area contributed by atoms with Crippen molar-refractivity contribution in [2.45, 2.75) is 45.7 Å². The zero-order chi connectivity index (χ0) is 21.8. The van der Waals surface area contributed by atoms with E-state index in [-0.39, 0.29) is 29.9 Å². The van der Waals surface area contributed by atoms with Gasteiger partial charge in [0.15, 0.2) is 5.96 Å². The van der Waals surface area contributed by atoms with Crippen molar-refractivity contribution in [2.24, 2.45) is 16.8 Å². The Bertz CT molecular complexity index is 506. The van der Waals surface area contributed by atoms with Gasteiger partial charge in [-0.3, -0.25) is 9.89 Å². The Labute approximate surface area is 202 Å². The van der Waals surface area contributed by atoms with Crippen LogP contribution in [0, 0.1) is 11.8 Å². The molecule has 0 aromatic heterocycles. The molecule has 10 heteroatoms. The standard InChI is InChI=1S/C21H39F3N4O2.HI/c1-3-25-20(26-9-5-11-30-16-18-7-12-29-13-8-18)28-10-6-19(15-28)14-27(4-2)17-21(22,23)24;/h18-19H,3-17H2,1-2H3,(H,25,26);1H. The summed E-state index contributed by atoms with van der Waals surface area (Å²) in [6.07, 6.45) is -0.219. The molecule has 0 aromatic rings. The number of guanidine groups is 1. The summed E-state index contributed by atoms with van der Waals surface area (Å²) in [4.78, 5) is 8.38. The number of rotatable bonds is 11. The number of nitrogens with zero attached hydrogens (tertiary/aromatic N) is 3. The van der Waals surface area contributed by atoms with Gasteiger partial charge in [0.1, 0.15) is 0 Å². The summed E-state index contributed by atoms with van der Waals surface area (Å²) in [5.41, 5.74) is 0. The molecule has 1 unspecified atom stereocenters. The number of hydrogen-bond acceptors (Lipinski definition) is 4. The lowest BCUT2D eigenvalue weighted by Gasteiger charge is -2.26. The quantitative estimate of drug-likeness (QED) is 0.180. The highest BCUT2D eigenvalue weighted by atomic mass is 127. The predicted molar refractivity (Wildman–Crippen MR) is 128 cm³/mol. The summed E-state index contributed by atoms with van der Waals surface area (Å²) >= 11 is 0. The van der Waals surface area contributed by atoms with Crippen molar-refractivity contribution in [1.82, 2.24) is 15.1 Å². The summed E-state index contributed by atoms with van der Waals surface area (Å²) in [5, 5.41) is 3.32. The Balaban J connectivity index is 0.00000480. The summed E-state index contributed by atoms with van der Waals surface area (Å²) in [6.45, 7) is 10.1. The first-order valence-corrected chi connectivity index (χ1v) is 11.4. The summed E-state index contributed by atoms with van der Waals surface area (Å²) in [6, 6.07) is 0. The number of ether oxygens (including phenoxy) is 2. The molecule has 6 nitrogen and oxygen atoms in total. The zero-order valence-electron chi connectivity index (χ0n) is 19.0. The van der Waals surface area contributed by atoms with Crippen LogP contribution in [0.5, 0.6) is 0 Å². The van der Waals surface area contributed by atoms with Gasteiger partial charge in [0.25, 0.3) is 0 Å². The van der Waals surface area contributed by atoms with Gasteiger partial charge in [-0.2, -0.15) is 13.2 Å². The fourth-order valence-corrected chi connectivity index (χ4v) is 4.04. The van der Waals surface area contributed by atoms with E-state index in [9.17, 15) is 13.2 Å². The number of alkyl halides is 3. The molecule has 0 amide bonds. The Hall–Kier alpha value is -0.330. The van der Waals surface area contributed by atoms with Crippen LogP contribution in [0.4, 0.5) is 13.2 Å². The van der Waals surface area contributed by atoms with Crippen LogP contribution < -0.4 is 5.32 Å². The van der Waals surface area contributed by atoms with E-state index in [1.807, 2.05) is 6.92 Å². The molecular formula is C21H40F3IN4O2. The second kappa shape index (κ2) is 15.5. The Morgan fingerprint density at radius 2 is 1.94 bits per heavy atom. The molecule has 0 saturated carbocycles. The second-order valence-corrected chi connectivity index (χ2v) is 8.26. The molecular weight excluding hydrogens is 524 g/mol. The van der Waals surface area contributed by atoms with Gasteiger partial charge in [0.05, 0.1) is 6.54 Å². The van der Waals surface area contributed by atoms with Crippen LogP contribution in [0.1, 0.15) is 39.5 Å². The maximum atomic E-state index is 12.7. The van der Waals surface area contributed by atoms with Crippen molar-refractivity contribution in [2.75, 3.05) is 72.2 Å². The first-order valence-electron chi connectivity index (χ1n) is 11.4. The Morgan fingerprint density at radius 3 is 2.58 bits per heavy atom. The molecule has 0 spiro atoms. The molecule has 1 atom stereocenters. The smallest absolute Gasteiger partial charge is 0.381 e. The van der Waals surface area contributed by atoms with Crippen molar-refractivity contribution in [1.29, 1.82) is 0 Å². The average Bonchev–Trinajstić information content (AvgIpc) is 3.17. The fraction of sp³-hybridized carbons (Fsp3) is 0.952. The van der Waals surface area contributed by atoms with E-state index in [0.717, 1.165) is 71.1 Å². The third-order valence-electron chi connectivity index (χ3n) is 5.69. The van der Waals surface area contributed by atoms with E-state index >= 15 is 0 Å². The lowest BCUT2D eigenvalue weighted by Crippen LogP contribution is -2.42. The van der Waals surface area contributed by atoms with E-state index in [4.69, 9.17) is 14.5 Å². The van der Waals surface area contributed by atoms with Crippen LogP contribution in [-0.2, 0) is 9.47 Å². The zero-order valence-corrected chi connectivity index (χ0v) is 21.3. The van der Waals surface area contributed by atoms with Gasteiger partial charge in [-0.05, 0) is 51.0 Å². The molecule has 0 bridgehead atoms. The summed E-state index contributed by atoms with van der Waals surface area (Å²) < 4.78 is 49.3. The van der Waals surface area contributed by atoms with Crippen LogP contribution in [0.25, 0.3) is 0 Å². The molecule has 2 fully saturated rings. The normalized spacial score (nSPS) is 20.9. The van der Waals surface area contributed by atoms with E-state index < -0.39 is 12.7 Å². The molecule has 1 N–H and O–H groups in total. The number of likely N-dealkylation sites (tertiary alicyclic amines) is 1. The van der Waals surface area contributed by atoms with Gasteiger partial charge in [0, 0.05) is 59.2 Å². The fourth-order valence-electron chi connectivity index (χ4n) is 4.04. The molecule has 184 valence electrons. The molecule has 0 aromatic carbocycles. The van der Waals surface area contributed by atoms with Crippen LogP contribution in [-0.4, -0.2) is 94.2 Å². The van der Waals surface area contributed by atoms with Gasteiger partial charge in [-0.15, -0.1) is 24.0 Å². The van der Waals surface area contributed by atoms with E-state index in [1.54, 1.807) is 6.92 Å². The lowest BCUT2D eigenvalue weighted by molar-refractivity contribution is -0.146. The maximum absolute atomic E-state index is 12.7. The minimum Gasteiger partial charge on any atom is -0.381 e. The Kier molecular flexibility index (Phi) is 14.3. The third-order valence-corrected chi connectivity index (χ3v) is 5.69. The van der Waals surface area contributed by atoms with Crippen molar-refractivity contribution in [3.63, 3.8) is 0 Å². The van der Waals surface area contributed by atoms with Crippen molar-refractivity contribution in [3.05, 3.63) is 0 Å². The van der Waals surface area contributed by atoms with Gasteiger partial charge in [-0.25, -0.2) is 0 Å². The molecule has 2 saturated heterocycles. The number of aliphatic imine (C=N–C) groups is 1. The second-order valence-electron chi connectivity index (χ2n) is 8.26. The minimum atomic E-state index is -4.14. The third kappa shape index (κ3) is 11.9. The molecule has 31 heavy (non-hydrogen) atoms. The highest BCUT2D eigenvalue weighted by Crippen LogP contribution is 2.21. The summed E-state index contributed by atoms with van der Waals surface area (Å²) in [7, 11) is 0. The largest absolute Gasteiger partial charge is 0.401 e. The molecule has 2 aliphatic heterocycles. The topological polar surface area (TPSA) is 49.3 Å². The number of hydrogen-bond donors (Lipinski definition) is 1. The monoisotopic (exact) mass is 564 g/mol. The van der Waals surface area contributed by atoms with Crippen LogP contribution >= 0.6 is 24.0 Å². The SMILES string of the molecule is CCNC(=NCCCOCC1CCOCC1)N1CCC(CN(CC)CC(F)(F)F)C1.I. The predicted octanol–water partition coefficient (Wildman–Crippen LogP) is 3.61. The van der Waals surface area contributed by atoms with Crippen molar-refractivity contribution in [3.8, 4) is 0 Å². The highest BCUT2D eigenvalue weighted by Gasteiger charge is 2.33. The van der Waals surface area contributed by atoms with Gasteiger partial charge < -0.3 is 19.7 Å². The molecule has 0 aliphatic carbocycles. The van der Waals surface area contributed by atoms with Crippen molar-refractivity contribution < 1.29 is 22.6 Å². The number of nitrogens with one attached hydrogen (secondary N) is 1. The van der Waals surface area contributed by atoms with E-state index in [1.165, 1.54) is 4.90 Å². The van der Waals surface area contributed by atoms with Gasteiger partial charge >= 0.3 is 6.18 Å². The minimum absolute atomic E-state index is 0. The first kappa shape index (κ1) is 28.7. The van der Waals surface area contributed by atoms with Gasteiger partial charge in [0.2, 0.25) is 0 Å². The lowest BCUT2D eigenvalue weighted by atomic mass is 10.0. The Morgan fingerprint density at radius 1 is 1.19 bits per heavy atom. The van der Waals surface area contributed by atoms with Crippen molar-refractivity contribution >= 4 is 29.9 Å². The average molecular weight is 564 g/mol. The highest BCUT2D eigenvalue weighted by molar-refractivity contribution is 14.0. The molecule has 2 heterocycles. The van der Waals surface area contributed by atoms with E-state index in [0.29, 0.717) is 32.2 Å².